The first-order valence-corrected chi connectivity index (χ1v) is 15.0. The van der Waals surface area contributed by atoms with E-state index in [2.05, 4.69) is 4.99 Å². The fourth-order valence-corrected chi connectivity index (χ4v) is 8.37. The van der Waals surface area contributed by atoms with E-state index in [1.165, 1.54) is 27.8 Å². The molecule has 1 atom stereocenters. The Morgan fingerprint density at radius 1 is 1.14 bits per heavy atom. The summed E-state index contributed by atoms with van der Waals surface area (Å²) in [6, 6.07) is 7.45. The number of benzene rings is 1. The second kappa shape index (κ2) is 11.4. The second-order valence-corrected chi connectivity index (χ2v) is 12.8. The average Bonchev–Trinajstić information content (AvgIpc) is 3.43. The number of esters is 1. The number of sulfonamides is 1. The standard InChI is InChI=1S/C23H26ClN3O6S3/c1-3-32-15-8-9-16-18(13-15)34-23(26(16)14-20(28)33-4-2)25-22(29)17-7-5-6-12-27(17)36(30,31)21-11-10-19(24)35-21/h8-11,13,17H,3-7,12,14H2,1-2H3. The highest BCUT2D eigenvalue weighted by Crippen LogP contribution is 2.32. The van der Waals surface area contributed by atoms with Crippen LogP contribution >= 0.6 is 34.3 Å². The van der Waals surface area contributed by atoms with Gasteiger partial charge in [-0.25, -0.2) is 8.42 Å². The fourth-order valence-electron chi connectivity index (χ4n) is 4.04. The number of carbonyl (C=O) groups excluding carboxylic acids is 2. The molecule has 4 rings (SSSR count). The van der Waals surface area contributed by atoms with Gasteiger partial charge in [0.15, 0.2) is 4.80 Å². The predicted octanol–water partition coefficient (Wildman–Crippen LogP) is 4.05. The van der Waals surface area contributed by atoms with Crippen molar-refractivity contribution in [2.24, 2.45) is 4.99 Å². The minimum Gasteiger partial charge on any atom is -0.494 e. The van der Waals surface area contributed by atoms with Gasteiger partial charge in [0.2, 0.25) is 0 Å². The third-order valence-corrected chi connectivity index (χ3v) is 10.3. The number of thiophene rings is 1. The summed E-state index contributed by atoms with van der Waals surface area (Å²) in [5.41, 5.74) is 0.699. The van der Waals surface area contributed by atoms with Crippen LogP contribution in [-0.4, -0.2) is 55.0 Å². The molecule has 1 aliphatic heterocycles. The number of thiazole rings is 1. The molecule has 13 heteroatoms. The normalized spacial score (nSPS) is 17.4. The Morgan fingerprint density at radius 3 is 2.64 bits per heavy atom. The first kappa shape index (κ1) is 26.8. The van der Waals surface area contributed by atoms with Gasteiger partial charge < -0.3 is 14.0 Å². The van der Waals surface area contributed by atoms with Crippen molar-refractivity contribution < 1.29 is 27.5 Å². The topological polar surface area (TPSA) is 107 Å². The molecule has 0 N–H and O–H groups in total. The van der Waals surface area contributed by atoms with E-state index in [1.807, 2.05) is 13.0 Å². The molecule has 3 aromatic rings. The van der Waals surface area contributed by atoms with Crippen molar-refractivity contribution in [3.05, 3.63) is 39.5 Å². The van der Waals surface area contributed by atoms with E-state index in [0.29, 0.717) is 46.3 Å². The van der Waals surface area contributed by atoms with Crippen LogP contribution in [0.3, 0.4) is 0 Å². The summed E-state index contributed by atoms with van der Waals surface area (Å²) in [5, 5.41) is 0. The number of piperidine rings is 1. The van der Waals surface area contributed by atoms with E-state index in [1.54, 1.807) is 23.6 Å². The summed E-state index contributed by atoms with van der Waals surface area (Å²) in [4.78, 5) is 30.4. The Balaban J connectivity index is 1.75. The van der Waals surface area contributed by atoms with Gasteiger partial charge in [0.05, 0.1) is 27.8 Å². The number of nitrogens with zero attached hydrogens (tertiary/aromatic N) is 3. The zero-order chi connectivity index (χ0) is 25.9. The molecule has 0 radical (unpaired) electrons. The molecule has 3 heterocycles. The van der Waals surface area contributed by atoms with E-state index < -0.39 is 27.9 Å². The number of carbonyl (C=O) groups is 2. The van der Waals surface area contributed by atoms with Crippen molar-refractivity contribution in [2.45, 2.75) is 49.9 Å². The van der Waals surface area contributed by atoms with Crippen LogP contribution in [0.5, 0.6) is 5.75 Å². The van der Waals surface area contributed by atoms with Crippen molar-refractivity contribution in [1.82, 2.24) is 8.87 Å². The van der Waals surface area contributed by atoms with Gasteiger partial charge in [0, 0.05) is 6.54 Å². The summed E-state index contributed by atoms with van der Waals surface area (Å²) in [6.45, 7) is 4.41. The first-order valence-electron chi connectivity index (χ1n) is 11.5. The molecule has 36 heavy (non-hydrogen) atoms. The number of amides is 1. The molecular formula is C23H26ClN3O6S3. The van der Waals surface area contributed by atoms with Crippen LogP contribution in [0.15, 0.2) is 39.5 Å². The summed E-state index contributed by atoms with van der Waals surface area (Å²) in [6.07, 6.45) is 1.71. The maximum Gasteiger partial charge on any atom is 0.326 e. The van der Waals surface area contributed by atoms with E-state index in [0.717, 1.165) is 16.0 Å². The van der Waals surface area contributed by atoms with Gasteiger partial charge in [-0.1, -0.05) is 29.4 Å². The van der Waals surface area contributed by atoms with Crippen molar-refractivity contribution in [2.75, 3.05) is 19.8 Å². The molecule has 0 spiro atoms. The summed E-state index contributed by atoms with van der Waals surface area (Å²) >= 11 is 8.15. The van der Waals surface area contributed by atoms with Gasteiger partial charge >= 0.3 is 5.97 Å². The second-order valence-electron chi connectivity index (χ2n) is 7.97. The van der Waals surface area contributed by atoms with Gasteiger partial charge in [-0.15, -0.1) is 11.3 Å². The van der Waals surface area contributed by atoms with E-state index >= 15 is 0 Å². The Labute approximate surface area is 222 Å². The average molecular weight is 572 g/mol. The van der Waals surface area contributed by atoms with Crippen molar-refractivity contribution in [3.8, 4) is 5.75 Å². The van der Waals surface area contributed by atoms with Crippen LogP contribution in [0.25, 0.3) is 10.2 Å². The lowest BCUT2D eigenvalue weighted by atomic mass is 10.0. The quantitative estimate of drug-likeness (QED) is 0.378. The number of fused-ring (bicyclic) bond motifs is 1. The highest BCUT2D eigenvalue weighted by Gasteiger charge is 2.38. The maximum atomic E-state index is 13.4. The van der Waals surface area contributed by atoms with Gasteiger partial charge in [-0.2, -0.15) is 9.30 Å². The Kier molecular flexibility index (Phi) is 8.51. The third kappa shape index (κ3) is 5.67. The van der Waals surface area contributed by atoms with E-state index in [4.69, 9.17) is 21.1 Å². The maximum absolute atomic E-state index is 13.4. The van der Waals surface area contributed by atoms with E-state index in [-0.39, 0.29) is 23.9 Å². The molecule has 1 fully saturated rings. The molecular weight excluding hydrogens is 546 g/mol. The summed E-state index contributed by atoms with van der Waals surface area (Å²) in [5.74, 6) is -0.377. The van der Waals surface area contributed by atoms with Crippen LogP contribution in [0, 0.1) is 0 Å². The Bertz CT molecular complexity index is 1440. The number of ether oxygens (including phenoxy) is 2. The monoisotopic (exact) mass is 571 g/mol. The zero-order valence-corrected chi connectivity index (χ0v) is 23.0. The smallest absolute Gasteiger partial charge is 0.326 e. The fraction of sp³-hybridized carbons (Fsp3) is 0.435. The Hall–Kier alpha value is -2.25. The lowest BCUT2D eigenvalue weighted by Gasteiger charge is -2.31. The summed E-state index contributed by atoms with van der Waals surface area (Å²) < 4.78 is 41.4. The molecule has 1 amide bonds. The highest BCUT2D eigenvalue weighted by molar-refractivity contribution is 7.91. The van der Waals surface area contributed by atoms with Crippen LogP contribution < -0.4 is 9.54 Å². The van der Waals surface area contributed by atoms with Gasteiger partial charge in [0.1, 0.15) is 22.5 Å². The molecule has 9 nitrogen and oxygen atoms in total. The lowest BCUT2D eigenvalue weighted by Crippen LogP contribution is -2.47. The van der Waals surface area contributed by atoms with Crippen LogP contribution in [0.2, 0.25) is 4.34 Å². The number of aromatic nitrogens is 1. The minimum absolute atomic E-state index is 0.0925. The molecule has 0 saturated carbocycles. The SMILES string of the molecule is CCOC(=O)Cn1c(=NC(=O)C2CCCCN2S(=O)(=O)c2ccc(Cl)s2)sc2cc(OCC)ccc21. The molecule has 1 unspecified atom stereocenters. The van der Waals surface area contributed by atoms with E-state index in [9.17, 15) is 18.0 Å². The van der Waals surface area contributed by atoms with Crippen molar-refractivity contribution in [1.29, 1.82) is 0 Å². The van der Waals surface area contributed by atoms with Gasteiger partial charge in [-0.3, -0.25) is 9.59 Å². The molecule has 194 valence electrons. The minimum atomic E-state index is -3.91. The van der Waals surface area contributed by atoms with Crippen LogP contribution in [-0.2, 0) is 30.9 Å². The largest absolute Gasteiger partial charge is 0.494 e. The molecule has 1 saturated heterocycles. The molecule has 0 aliphatic carbocycles. The third-order valence-electron chi connectivity index (χ3n) is 5.61. The van der Waals surface area contributed by atoms with Gasteiger partial charge in [0.25, 0.3) is 15.9 Å². The molecule has 1 aromatic carbocycles. The molecule has 0 bridgehead atoms. The number of halogens is 1. The van der Waals surface area contributed by atoms with Crippen LogP contribution in [0.1, 0.15) is 33.1 Å². The lowest BCUT2D eigenvalue weighted by molar-refractivity contribution is -0.143. The summed E-state index contributed by atoms with van der Waals surface area (Å²) in [7, 11) is -3.91. The zero-order valence-electron chi connectivity index (χ0n) is 19.8. The highest BCUT2D eigenvalue weighted by atomic mass is 35.5. The number of hydrogen-bond donors (Lipinski definition) is 0. The number of hydrogen-bond acceptors (Lipinski definition) is 8. The molecule has 2 aromatic heterocycles. The van der Waals surface area contributed by atoms with Gasteiger partial charge in [-0.05, 0) is 57.0 Å². The van der Waals surface area contributed by atoms with Crippen molar-refractivity contribution >= 4 is 66.4 Å². The predicted molar refractivity (Wildman–Crippen MR) is 139 cm³/mol. The Morgan fingerprint density at radius 2 is 1.94 bits per heavy atom. The first-order chi connectivity index (χ1) is 17.2. The van der Waals surface area contributed by atoms with Crippen molar-refractivity contribution in [3.63, 3.8) is 0 Å². The number of rotatable bonds is 8. The molecule has 1 aliphatic rings. The van der Waals surface area contributed by atoms with Crippen LogP contribution in [0.4, 0.5) is 0 Å².